The number of nitrogens with one attached hydrogen (secondary N) is 1. The number of hydrogen-bond acceptors (Lipinski definition) is 3. The Morgan fingerprint density at radius 3 is 2.83 bits per heavy atom. The van der Waals surface area contributed by atoms with Crippen LogP contribution in [0, 0.1) is 10.6 Å². The van der Waals surface area contributed by atoms with E-state index in [-0.39, 0.29) is 4.77 Å². The van der Waals surface area contributed by atoms with Crippen LogP contribution in [0.3, 0.4) is 0 Å². The minimum absolute atomic E-state index is 0.249. The van der Waals surface area contributed by atoms with Crippen molar-refractivity contribution in [3.8, 4) is 11.3 Å². The van der Waals surface area contributed by atoms with Crippen molar-refractivity contribution in [2.45, 2.75) is 0 Å². The van der Waals surface area contributed by atoms with Crippen molar-refractivity contribution in [3.05, 3.63) is 53.4 Å². The van der Waals surface area contributed by atoms with Gasteiger partial charge in [-0.3, -0.25) is 4.98 Å². The normalized spacial score (nSPS) is 10.7. The maximum Gasteiger partial charge on any atom is 0.197 e. The fourth-order valence-electron chi connectivity index (χ4n) is 1.89. The maximum atomic E-state index is 13.8. The summed E-state index contributed by atoms with van der Waals surface area (Å²) in [6.45, 7) is 0. The third-order valence-electron chi connectivity index (χ3n) is 2.70. The van der Waals surface area contributed by atoms with Crippen LogP contribution in [0.2, 0.25) is 0 Å². The Bertz CT molecular complexity index is 777. The molecule has 0 fully saturated rings. The second-order valence-corrected chi connectivity index (χ2v) is 4.21. The van der Waals surface area contributed by atoms with Crippen LogP contribution < -0.4 is 0 Å². The quantitative estimate of drug-likeness (QED) is 0.678. The zero-order valence-corrected chi connectivity index (χ0v) is 10.0. The van der Waals surface area contributed by atoms with E-state index < -0.39 is 5.82 Å². The number of H-pyrrole nitrogens is 1. The second-order valence-electron chi connectivity index (χ2n) is 3.82. The lowest BCUT2D eigenvalue weighted by Gasteiger charge is -2.06. The molecule has 2 aromatic heterocycles. The number of halogens is 1. The Hall–Kier alpha value is -2.14. The van der Waals surface area contributed by atoms with Crippen LogP contribution in [0.25, 0.3) is 22.0 Å². The van der Waals surface area contributed by atoms with Crippen LogP contribution in [-0.2, 0) is 0 Å². The molecular formula is C13H8FN3S. The number of hydrogen-bond donors (Lipinski definition) is 1. The minimum Gasteiger partial charge on any atom is -0.328 e. The van der Waals surface area contributed by atoms with Gasteiger partial charge in [0.05, 0.1) is 11.9 Å². The van der Waals surface area contributed by atoms with E-state index >= 15 is 0 Å². The first-order chi connectivity index (χ1) is 8.75. The van der Waals surface area contributed by atoms with Gasteiger partial charge in [-0.1, -0.05) is 24.3 Å². The average molecular weight is 257 g/mol. The molecule has 2 heterocycles. The highest BCUT2D eigenvalue weighted by molar-refractivity contribution is 7.71. The third-order valence-corrected chi connectivity index (χ3v) is 2.91. The van der Waals surface area contributed by atoms with Gasteiger partial charge in [0.25, 0.3) is 0 Å². The van der Waals surface area contributed by atoms with Crippen LogP contribution in [0.4, 0.5) is 4.39 Å². The molecule has 18 heavy (non-hydrogen) atoms. The summed E-state index contributed by atoms with van der Waals surface area (Å²) in [6, 6.07) is 7.67. The lowest BCUT2D eigenvalue weighted by Crippen LogP contribution is -1.94. The molecule has 5 heteroatoms. The topological polar surface area (TPSA) is 41.6 Å². The summed E-state index contributed by atoms with van der Waals surface area (Å²) >= 11 is 4.93. The van der Waals surface area contributed by atoms with Crippen molar-refractivity contribution in [1.29, 1.82) is 0 Å². The molecule has 0 radical (unpaired) electrons. The van der Waals surface area contributed by atoms with Crippen molar-refractivity contribution < 1.29 is 4.39 Å². The van der Waals surface area contributed by atoms with Gasteiger partial charge in [0.15, 0.2) is 10.6 Å². The van der Waals surface area contributed by atoms with E-state index in [9.17, 15) is 4.39 Å². The van der Waals surface area contributed by atoms with Crippen LogP contribution in [-0.4, -0.2) is 15.0 Å². The summed E-state index contributed by atoms with van der Waals surface area (Å²) in [5.41, 5.74) is 0.999. The SMILES string of the molecule is Fc1cnc(=S)[nH]c1-c1cncc2ccccc12. The molecule has 0 unspecified atom stereocenters. The Morgan fingerprint density at radius 2 is 1.94 bits per heavy atom. The van der Waals surface area contributed by atoms with Gasteiger partial charge >= 0.3 is 0 Å². The molecule has 3 rings (SSSR count). The Balaban J connectivity index is 2.38. The summed E-state index contributed by atoms with van der Waals surface area (Å²) in [4.78, 5) is 10.6. The van der Waals surface area contributed by atoms with Gasteiger partial charge in [-0.2, -0.15) is 0 Å². The molecule has 0 aliphatic carbocycles. The smallest absolute Gasteiger partial charge is 0.197 e. The van der Waals surface area contributed by atoms with E-state index in [2.05, 4.69) is 15.0 Å². The Labute approximate surface area is 107 Å². The minimum atomic E-state index is -0.443. The predicted octanol–water partition coefficient (Wildman–Crippen LogP) is 3.49. The zero-order valence-electron chi connectivity index (χ0n) is 9.22. The van der Waals surface area contributed by atoms with Gasteiger partial charge in [0.2, 0.25) is 0 Å². The highest BCUT2D eigenvalue weighted by Crippen LogP contribution is 2.27. The summed E-state index contributed by atoms with van der Waals surface area (Å²) in [7, 11) is 0. The molecule has 1 aromatic carbocycles. The number of benzene rings is 1. The first-order valence-corrected chi connectivity index (χ1v) is 5.74. The van der Waals surface area contributed by atoms with Crippen molar-refractivity contribution >= 4 is 23.0 Å². The number of aromatic amines is 1. The maximum absolute atomic E-state index is 13.8. The molecule has 1 N–H and O–H groups in total. The summed E-state index contributed by atoms with van der Waals surface area (Å²) in [5.74, 6) is -0.443. The van der Waals surface area contributed by atoms with Crippen molar-refractivity contribution in [2.75, 3.05) is 0 Å². The number of pyridine rings is 1. The van der Waals surface area contributed by atoms with E-state index in [1.165, 1.54) is 0 Å². The molecule has 0 saturated heterocycles. The first-order valence-electron chi connectivity index (χ1n) is 5.33. The first kappa shape index (κ1) is 11.0. The third kappa shape index (κ3) is 1.78. The monoisotopic (exact) mass is 257 g/mol. The highest BCUT2D eigenvalue weighted by atomic mass is 32.1. The van der Waals surface area contributed by atoms with Crippen LogP contribution in [0.1, 0.15) is 0 Å². The Kier molecular flexibility index (Phi) is 2.60. The predicted molar refractivity (Wildman–Crippen MR) is 70.1 cm³/mol. The molecule has 88 valence electrons. The molecule has 0 atom stereocenters. The molecule has 0 aliphatic rings. The molecule has 0 aliphatic heterocycles. The molecule has 3 aromatic rings. The van der Waals surface area contributed by atoms with Gasteiger partial charge in [0.1, 0.15) is 0 Å². The average Bonchev–Trinajstić information content (AvgIpc) is 2.41. The van der Waals surface area contributed by atoms with Crippen molar-refractivity contribution in [2.24, 2.45) is 0 Å². The fraction of sp³-hybridized carbons (Fsp3) is 0. The summed E-state index contributed by atoms with van der Waals surface area (Å²) in [6.07, 6.45) is 4.48. The number of aromatic nitrogens is 3. The molecule has 0 saturated carbocycles. The standard InChI is InChI=1S/C13H8FN3S/c14-11-7-16-13(18)17-12(11)10-6-15-5-8-3-1-2-4-9(8)10/h1-7H,(H,16,17,18). The number of fused-ring (bicyclic) bond motifs is 1. The van der Waals surface area contributed by atoms with Gasteiger partial charge in [-0.05, 0) is 17.6 Å². The van der Waals surface area contributed by atoms with E-state index in [1.807, 2.05) is 24.3 Å². The Morgan fingerprint density at radius 1 is 1.11 bits per heavy atom. The van der Waals surface area contributed by atoms with Gasteiger partial charge in [-0.15, -0.1) is 0 Å². The van der Waals surface area contributed by atoms with Gasteiger partial charge < -0.3 is 4.98 Å². The van der Waals surface area contributed by atoms with E-state index in [0.29, 0.717) is 11.3 Å². The van der Waals surface area contributed by atoms with E-state index in [1.54, 1.807) is 12.4 Å². The second kappa shape index (κ2) is 4.27. The van der Waals surface area contributed by atoms with E-state index in [0.717, 1.165) is 17.0 Å². The molecule has 0 spiro atoms. The van der Waals surface area contributed by atoms with Crippen molar-refractivity contribution in [1.82, 2.24) is 15.0 Å². The van der Waals surface area contributed by atoms with Crippen LogP contribution >= 0.6 is 12.2 Å². The van der Waals surface area contributed by atoms with Gasteiger partial charge in [-0.25, -0.2) is 9.37 Å². The van der Waals surface area contributed by atoms with Crippen molar-refractivity contribution in [3.63, 3.8) is 0 Å². The lowest BCUT2D eigenvalue weighted by molar-refractivity contribution is 0.617. The molecule has 3 nitrogen and oxygen atoms in total. The summed E-state index contributed by atoms with van der Waals surface area (Å²) < 4.78 is 14.1. The molecule has 0 amide bonds. The van der Waals surface area contributed by atoms with E-state index in [4.69, 9.17) is 12.2 Å². The fourth-order valence-corrected chi connectivity index (χ4v) is 2.05. The number of nitrogens with zero attached hydrogens (tertiary/aromatic N) is 2. The highest BCUT2D eigenvalue weighted by Gasteiger charge is 2.09. The zero-order chi connectivity index (χ0) is 12.5. The van der Waals surface area contributed by atoms with Gasteiger partial charge in [0, 0.05) is 23.3 Å². The van der Waals surface area contributed by atoms with Crippen LogP contribution in [0.15, 0.2) is 42.9 Å². The largest absolute Gasteiger partial charge is 0.328 e. The lowest BCUT2D eigenvalue weighted by atomic mass is 10.1. The van der Waals surface area contributed by atoms with Crippen LogP contribution in [0.5, 0.6) is 0 Å². The number of rotatable bonds is 1. The molecular weight excluding hydrogens is 249 g/mol. The summed E-state index contributed by atoms with van der Waals surface area (Å²) in [5, 5.41) is 1.87. The molecule has 0 bridgehead atoms.